The Kier molecular flexibility index (Phi) is 6.30. The molecular formula is C16H15Cl2FN3O3+. The predicted octanol–water partition coefficient (Wildman–Crippen LogP) is 2.69. The highest BCUT2D eigenvalue weighted by Gasteiger charge is 2.19. The molecular weight excluding hydrogens is 372 g/mol. The lowest BCUT2D eigenvalue weighted by Crippen LogP contribution is -3.08. The van der Waals surface area contributed by atoms with Crippen LogP contribution in [0.1, 0.15) is 5.56 Å². The number of halogens is 3. The molecule has 0 fully saturated rings. The second-order valence-electron chi connectivity index (χ2n) is 5.48. The molecule has 1 unspecified atom stereocenters. The number of nitrogens with zero attached hydrogens (tertiary/aromatic N) is 1. The van der Waals surface area contributed by atoms with Crippen molar-refractivity contribution in [1.29, 1.82) is 0 Å². The van der Waals surface area contributed by atoms with E-state index >= 15 is 0 Å². The van der Waals surface area contributed by atoms with Crippen LogP contribution in [0.4, 0.5) is 15.8 Å². The van der Waals surface area contributed by atoms with E-state index in [1.165, 1.54) is 30.3 Å². The lowest BCUT2D eigenvalue weighted by molar-refractivity contribution is -0.885. The minimum absolute atomic E-state index is 0.0132. The average molecular weight is 387 g/mol. The third kappa shape index (κ3) is 5.12. The van der Waals surface area contributed by atoms with E-state index in [0.717, 1.165) is 0 Å². The van der Waals surface area contributed by atoms with Crippen LogP contribution in [0.25, 0.3) is 0 Å². The van der Waals surface area contributed by atoms with Gasteiger partial charge < -0.3 is 10.2 Å². The number of amides is 1. The van der Waals surface area contributed by atoms with Gasteiger partial charge in [-0.05, 0) is 24.3 Å². The summed E-state index contributed by atoms with van der Waals surface area (Å²) in [7, 11) is 1.69. The van der Waals surface area contributed by atoms with Gasteiger partial charge in [-0.25, -0.2) is 4.39 Å². The minimum Gasteiger partial charge on any atom is -0.326 e. The summed E-state index contributed by atoms with van der Waals surface area (Å²) in [6.45, 7) is 0.158. The molecule has 0 aliphatic carbocycles. The molecule has 1 amide bonds. The first-order chi connectivity index (χ1) is 11.8. The Balaban J connectivity index is 2.05. The van der Waals surface area contributed by atoms with E-state index in [9.17, 15) is 19.3 Å². The van der Waals surface area contributed by atoms with Gasteiger partial charge in [0.05, 0.1) is 22.6 Å². The van der Waals surface area contributed by atoms with Crippen LogP contribution in [0.2, 0.25) is 10.0 Å². The van der Waals surface area contributed by atoms with Crippen molar-refractivity contribution in [1.82, 2.24) is 0 Å². The van der Waals surface area contributed by atoms with E-state index in [1.54, 1.807) is 13.1 Å². The number of nitro benzene ring substituents is 1. The molecule has 0 aliphatic rings. The fourth-order valence-electron chi connectivity index (χ4n) is 2.30. The predicted molar refractivity (Wildman–Crippen MR) is 93.6 cm³/mol. The number of nitrogens with one attached hydrogen (secondary N) is 2. The van der Waals surface area contributed by atoms with Crippen molar-refractivity contribution < 1.29 is 19.0 Å². The summed E-state index contributed by atoms with van der Waals surface area (Å²) in [5.41, 5.74) is 0.0648. The van der Waals surface area contributed by atoms with E-state index in [0.29, 0.717) is 10.5 Å². The third-order valence-electron chi connectivity index (χ3n) is 3.43. The summed E-state index contributed by atoms with van der Waals surface area (Å²) in [5, 5.41) is 14.0. The standard InChI is InChI=1S/C16H14Cl2FN3O3/c1-21(8-11-12(18)3-2-4-13(11)19)9-16(23)20-14-7-10(17)5-6-15(14)22(24)25/h2-7H,8-9H2,1H3,(H,20,23)/p+1. The number of quaternary nitrogens is 1. The first-order valence-electron chi connectivity index (χ1n) is 7.26. The Labute approximate surface area is 153 Å². The number of hydrogen-bond acceptors (Lipinski definition) is 3. The lowest BCUT2D eigenvalue weighted by Gasteiger charge is -2.15. The van der Waals surface area contributed by atoms with Crippen LogP contribution in [0.15, 0.2) is 36.4 Å². The molecule has 25 heavy (non-hydrogen) atoms. The summed E-state index contributed by atoms with van der Waals surface area (Å²) in [4.78, 5) is 23.2. The van der Waals surface area contributed by atoms with Gasteiger partial charge in [0.25, 0.3) is 11.6 Å². The molecule has 9 heteroatoms. The van der Waals surface area contributed by atoms with Crippen LogP contribution >= 0.6 is 23.2 Å². The number of benzene rings is 2. The average Bonchev–Trinajstić information content (AvgIpc) is 2.50. The van der Waals surface area contributed by atoms with Crippen LogP contribution in [0.5, 0.6) is 0 Å². The highest BCUT2D eigenvalue weighted by Crippen LogP contribution is 2.27. The zero-order valence-electron chi connectivity index (χ0n) is 13.2. The van der Waals surface area contributed by atoms with Gasteiger partial charge in [0.2, 0.25) is 0 Å². The zero-order chi connectivity index (χ0) is 18.6. The first-order valence-corrected chi connectivity index (χ1v) is 8.01. The van der Waals surface area contributed by atoms with Crippen LogP contribution in [-0.4, -0.2) is 24.4 Å². The van der Waals surface area contributed by atoms with Crippen molar-refractivity contribution in [3.05, 3.63) is 67.9 Å². The van der Waals surface area contributed by atoms with Crippen molar-refractivity contribution >= 4 is 40.5 Å². The molecule has 6 nitrogen and oxygen atoms in total. The molecule has 0 spiro atoms. The Morgan fingerprint density at radius 2 is 2.04 bits per heavy atom. The van der Waals surface area contributed by atoms with Crippen LogP contribution in [0, 0.1) is 15.9 Å². The van der Waals surface area contributed by atoms with Gasteiger partial charge in [-0.15, -0.1) is 0 Å². The molecule has 2 aromatic rings. The van der Waals surface area contributed by atoms with E-state index in [-0.39, 0.29) is 34.5 Å². The van der Waals surface area contributed by atoms with Gasteiger partial charge in [-0.3, -0.25) is 14.9 Å². The summed E-state index contributed by atoms with van der Waals surface area (Å²) >= 11 is 11.8. The van der Waals surface area contributed by atoms with Gasteiger partial charge in [-0.1, -0.05) is 29.3 Å². The molecule has 1 atom stereocenters. The summed E-state index contributed by atoms with van der Waals surface area (Å²) in [6, 6.07) is 8.26. The van der Waals surface area contributed by atoms with E-state index in [4.69, 9.17) is 23.2 Å². The number of anilines is 1. The monoisotopic (exact) mass is 386 g/mol. The highest BCUT2D eigenvalue weighted by atomic mass is 35.5. The Hall–Kier alpha value is -2.22. The molecule has 0 saturated carbocycles. The number of nitro groups is 1. The topological polar surface area (TPSA) is 76.7 Å². The number of hydrogen-bond donors (Lipinski definition) is 2. The molecule has 2 aromatic carbocycles. The maximum Gasteiger partial charge on any atom is 0.292 e. The zero-order valence-corrected chi connectivity index (χ0v) is 14.7. The van der Waals surface area contributed by atoms with Crippen molar-refractivity contribution in [2.45, 2.75) is 6.54 Å². The Morgan fingerprint density at radius 3 is 2.68 bits per heavy atom. The van der Waals surface area contributed by atoms with Crippen LogP contribution in [-0.2, 0) is 11.3 Å². The molecule has 0 radical (unpaired) electrons. The number of likely N-dealkylation sites (N-methyl/N-ethyl adjacent to an activating group) is 1. The van der Waals surface area contributed by atoms with Crippen molar-refractivity contribution in [3.63, 3.8) is 0 Å². The van der Waals surface area contributed by atoms with Crippen molar-refractivity contribution in [2.24, 2.45) is 0 Å². The maximum atomic E-state index is 13.8. The number of rotatable bonds is 6. The third-order valence-corrected chi connectivity index (χ3v) is 4.02. The van der Waals surface area contributed by atoms with Gasteiger partial charge in [0.1, 0.15) is 18.0 Å². The van der Waals surface area contributed by atoms with Crippen LogP contribution in [0.3, 0.4) is 0 Å². The van der Waals surface area contributed by atoms with Gasteiger partial charge in [-0.2, -0.15) is 0 Å². The summed E-state index contributed by atoms with van der Waals surface area (Å²) in [6.07, 6.45) is 0. The number of carbonyl (C=O) groups excluding carboxylic acids is 1. The molecule has 0 heterocycles. The second kappa shape index (κ2) is 8.24. The smallest absolute Gasteiger partial charge is 0.292 e. The molecule has 132 valence electrons. The van der Waals surface area contributed by atoms with E-state index in [2.05, 4.69) is 5.32 Å². The van der Waals surface area contributed by atoms with E-state index in [1.807, 2.05) is 0 Å². The van der Waals surface area contributed by atoms with Gasteiger partial charge in [0, 0.05) is 11.1 Å². The molecule has 0 aliphatic heterocycles. The first kappa shape index (κ1) is 19.1. The summed E-state index contributed by atoms with van der Waals surface area (Å²) < 4.78 is 13.8. The van der Waals surface area contributed by atoms with Crippen molar-refractivity contribution in [3.8, 4) is 0 Å². The quantitative estimate of drug-likeness (QED) is 0.591. The molecule has 0 saturated heterocycles. The largest absolute Gasteiger partial charge is 0.326 e. The molecule has 0 bridgehead atoms. The lowest BCUT2D eigenvalue weighted by atomic mass is 10.2. The Morgan fingerprint density at radius 1 is 1.32 bits per heavy atom. The SMILES string of the molecule is C[NH+](CC(=O)Nc1cc(Cl)ccc1[N+](=O)[O-])Cc1c(F)cccc1Cl. The highest BCUT2D eigenvalue weighted by molar-refractivity contribution is 6.31. The van der Waals surface area contributed by atoms with Crippen molar-refractivity contribution in [2.75, 3.05) is 18.9 Å². The molecule has 0 aromatic heterocycles. The maximum absolute atomic E-state index is 13.8. The van der Waals surface area contributed by atoms with Crippen LogP contribution < -0.4 is 10.2 Å². The fraction of sp³-hybridized carbons (Fsp3) is 0.188. The molecule has 2 N–H and O–H groups in total. The number of carbonyl (C=O) groups is 1. The van der Waals surface area contributed by atoms with Gasteiger partial charge in [0.15, 0.2) is 6.54 Å². The summed E-state index contributed by atoms with van der Waals surface area (Å²) in [5.74, 6) is -0.909. The molecule has 2 rings (SSSR count). The van der Waals surface area contributed by atoms with E-state index < -0.39 is 16.6 Å². The Bertz CT molecular complexity index is 797. The minimum atomic E-state index is -0.609. The van der Waals surface area contributed by atoms with Gasteiger partial charge >= 0.3 is 0 Å². The second-order valence-corrected chi connectivity index (χ2v) is 6.32. The normalized spacial score (nSPS) is 11.8. The fourth-order valence-corrected chi connectivity index (χ4v) is 2.70.